The van der Waals surface area contributed by atoms with Gasteiger partial charge in [0, 0.05) is 10.9 Å². The maximum atomic E-state index is 12.1. The van der Waals surface area contributed by atoms with E-state index in [0.29, 0.717) is 17.2 Å². The van der Waals surface area contributed by atoms with Crippen molar-refractivity contribution in [1.82, 2.24) is 10.3 Å². The molecule has 0 aliphatic heterocycles. The van der Waals surface area contributed by atoms with Crippen molar-refractivity contribution in [1.29, 1.82) is 0 Å². The van der Waals surface area contributed by atoms with Gasteiger partial charge < -0.3 is 19.9 Å². The second-order valence-electron chi connectivity index (χ2n) is 5.99. The first-order chi connectivity index (χ1) is 12.0. The molecule has 1 aromatic carbocycles. The lowest BCUT2D eigenvalue weighted by molar-refractivity contribution is -0.121. The summed E-state index contributed by atoms with van der Waals surface area (Å²) in [7, 11) is 3.18. The molecule has 1 atom stereocenters. The summed E-state index contributed by atoms with van der Waals surface area (Å²) in [4.78, 5) is 16.6. The molecule has 0 bridgehead atoms. The van der Waals surface area contributed by atoms with Crippen LogP contribution < -0.4 is 14.8 Å². The number of aromatic nitrogens is 1. The van der Waals surface area contributed by atoms with Crippen molar-refractivity contribution in [3.05, 3.63) is 29.3 Å². The molecule has 2 N–H and O–H groups in total. The van der Waals surface area contributed by atoms with Crippen molar-refractivity contribution >= 4 is 17.2 Å². The number of benzene rings is 1. The summed E-state index contributed by atoms with van der Waals surface area (Å²) in [6.07, 6.45) is 0.188. The molecule has 0 saturated carbocycles. The van der Waals surface area contributed by atoms with Crippen molar-refractivity contribution in [2.24, 2.45) is 5.92 Å². The quantitative estimate of drug-likeness (QED) is 0.752. The highest BCUT2D eigenvalue weighted by molar-refractivity contribution is 7.13. The number of nitrogens with one attached hydrogen (secondary N) is 1. The second-order valence-corrected chi connectivity index (χ2v) is 6.85. The molecule has 0 spiro atoms. The number of thiazole rings is 1. The number of rotatable bonds is 8. The maximum Gasteiger partial charge on any atom is 0.226 e. The minimum atomic E-state index is -0.239. The van der Waals surface area contributed by atoms with E-state index < -0.39 is 0 Å². The number of ether oxygens (including phenoxy) is 2. The number of methoxy groups -OCH3 is 2. The minimum absolute atomic E-state index is 0.0721. The predicted octanol–water partition coefficient (Wildman–Crippen LogP) is 2.50. The molecule has 0 saturated heterocycles. The van der Waals surface area contributed by atoms with E-state index in [-0.39, 0.29) is 30.9 Å². The standard InChI is InChI=1S/C18H24N2O4S/c1-11(2)14(9-21)20-17(22)8-13-10-25-18(19-13)12-5-6-15(23-3)16(7-12)24-4/h5-7,10-11,14,21H,8-9H2,1-4H3,(H,20,22)/t14-/m0/s1. The fraction of sp³-hybridized carbons (Fsp3) is 0.444. The minimum Gasteiger partial charge on any atom is -0.493 e. The number of nitrogens with zero attached hydrogens (tertiary/aromatic N) is 1. The highest BCUT2D eigenvalue weighted by atomic mass is 32.1. The third kappa shape index (κ3) is 4.93. The summed E-state index contributed by atoms with van der Waals surface area (Å²) < 4.78 is 10.5. The van der Waals surface area contributed by atoms with Gasteiger partial charge in [0.25, 0.3) is 0 Å². The van der Waals surface area contributed by atoms with Gasteiger partial charge in [0.1, 0.15) is 5.01 Å². The Labute approximate surface area is 151 Å². The first-order valence-electron chi connectivity index (χ1n) is 8.05. The fourth-order valence-corrected chi connectivity index (χ4v) is 3.15. The van der Waals surface area contributed by atoms with Gasteiger partial charge in [-0.2, -0.15) is 0 Å². The summed E-state index contributed by atoms with van der Waals surface area (Å²) in [5.41, 5.74) is 1.61. The van der Waals surface area contributed by atoms with Gasteiger partial charge in [0.05, 0.1) is 39.0 Å². The molecule has 2 aromatic rings. The van der Waals surface area contributed by atoms with Crippen LogP contribution in [0.2, 0.25) is 0 Å². The van der Waals surface area contributed by atoms with Gasteiger partial charge in [-0.1, -0.05) is 13.8 Å². The second kappa shape index (κ2) is 8.82. The molecule has 0 radical (unpaired) electrons. The molecule has 0 fully saturated rings. The summed E-state index contributed by atoms with van der Waals surface area (Å²) >= 11 is 1.47. The van der Waals surface area contributed by atoms with E-state index in [1.165, 1.54) is 11.3 Å². The average molecular weight is 364 g/mol. The van der Waals surface area contributed by atoms with Crippen LogP contribution >= 0.6 is 11.3 Å². The Morgan fingerprint density at radius 1 is 1.28 bits per heavy atom. The monoisotopic (exact) mass is 364 g/mol. The van der Waals surface area contributed by atoms with Crippen LogP contribution in [0.15, 0.2) is 23.6 Å². The van der Waals surface area contributed by atoms with Crippen molar-refractivity contribution < 1.29 is 19.4 Å². The summed E-state index contributed by atoms with van der Waals surface area (Å²) in [6.45, 7) is 3.84. The third-order valence-corrected chi connectivity index (χ3v) is 4.81. The van der Waals surface area contributed by atoms with E-state index in [1.54, 1.807) is 14.2 Å². The van der Waals surface area contributed by atoms with Crippen molar-refractivity contribution in [2.75, 3.05) is 20.8 Å². The van der Waals surface area contributed by atoms with Crippen LogP contribution in [0.1, 0.15) is 19.5 Å². The SMILES string of the molecule is COc1ccc(-c2nc(CC(=O)N[C@@H](CO)C(C)C)cs2)cc1OC. The summed E-state index contributed by atoms with van der Waals surface area (Å²) in [6, 6.07) is 5.36. The van der Waals surface area contributed by atoms with E-state index in [4.69, 9.17) is 9.47 Å². The van der Waals surface area contributed by atoms with Gasteiger partial charge in [0.15, 0.2) is 11.5 Å². The molecule has 1 amide bonds. The van der Waals surface area contributed by atoms with Crippen LogP contribution in [0.4, 0.5) is 0 Å². The Kier molecular flexibility index (Phi) is 6.78. The summed E-state index contributed by atoms with van der Waals surface area (Å²) in [5.74, 6) is 1.33. The Hall–Kier alpha value is -2.12. The number of aliphatic hydroxyl groups excluding tert-OH is 1. The molecule has 25 heavy (non-hydrogen) atoms. The van der Waals surface area contributed by atoms with Crippen molar-refractivity contribution in [2.45, 2.75) is 26.3 Å². The molecular weight excluding hydrogens is 340 g/mol. The Morgan fingerprint density at radius 2 is 2.00 bits per heavy atom. The van der Waals surface area contributed by atoms with Crippen LogP contribution in [0.3, 0.4) is 0 Å². The molecular formula is C18H24N2O4S. The van der Waals surface area contributed by atoms with Crippen LogP contribution in [-0.2, 0) is 11.2 Å². The van der Waals surface area contributed by atoms with Gasteiger partial charge in [-0.15, -0.1) is 11.3 Å². The zero-order valence-corrected chi connectivity index (χ0v) is 15.7. The molecule has 136 valence electrons. The lowest BCUT2D eigenvalue weighted by Crippen LogP contribution is -2.41. The summed E-state index contributed by atoms with van der Waals surface area (Å²) in [5, 5.41) is 14.8. The fourth-order valence-electron chi connectivity index (χ4n) is 2.34. The van der Waals surface area contributed by atoms with Gasteiger partial charge in [-0.25, -0.2) is 4.98 Å². The molecule has 0 unspecified atom stereocenters. The lowest BCUT2D eigenvalue weighted by atomic mass is 10.1. The topological polar surface area (TPSA) is 80.7 Å². The first-order valence-corrected chi connectivity index (χ1v) is 8.93. The Morgan fingerprint density at radius 3 is 2.60 bits per heavy atom. The van der Waals surface area contributed by atoms with Gasteiger partial charge in [-0.05, 0) is 24.1 Å². The van der Waals surface area contributed by atoms with Crippen LogP contribution in [0, 0.1) is 5.92 Å². The van der Waals surface area contributed by atoms with Crippen LogP contribution in [0.5, 0.6) is 11.5 Å². The number of aliphatic hydroxyl groups is 1. The number of carbonyl (C=O) groups is 1. The van der Waals surface area contributed by atoms with Gasteiger partial charge >= 0.3 is 0 Å². The van der Waals surface area contributed by atoms with E-state index in [1.807, 2.05) is 37.4 Å². The largest absolute Gasteiger partial charge is 0.493 e. The number of hydrogen-bond donors (Lipinski definition) is 2. The highest BCUT2D eigenvalue weighted by Gasteiger charge is 2.16. The van der Waals surface area contributed by atoms with E-state index in [0.717, 1.165) is 10.6 Å². The van der Waals surface area contributed by atoms with Crippen molar-refractivity contribution in [3.63, 3.8) is 0 Å². The first kappa shape index (κ1) is 19.2. The van der Waals surface area contributed by atoms with E-state index in [2.05, 4.69) is 10.3 Å². The van der Waals surface area contributed by atoms with E-state index >= 15 is 0 Å². The predicted molar refractivity (Wildman–Crippen MR) is 98.2 cm³/mol. The molecule has 0 aliphatic rings. The molecule has 1 aromatic heterocycles. The van der Waals surface area contributed by atoms with Gasteiger partial charge in [0.2, 0.25) is 5.91 Å². The molecule has 7 heteroatoms. The smallest absolute Gasteiger partial charge is 0.226 e. The van der Waals surface area contributed by atoms with Gasteiger partial charge in [-0.3, -0.25) is 4.79 Å². The lowest BCUT2D eigenvalue weighted by Gasteiger charge is -2.19. The molecule has 0 aliphatic carbocycles. The molecule has 1 heterocycles. The Balaban J connectivity index is 2.08. The average Bonchev–Trinajstić information content (AvgIpc) is 3.07. The molecule has 2 rings (SSSR count). The highest BCUT2D eigenvalue weighted by Crippen LogP contribution is 2.33. The van der Waals surface area contributed by atoms with Crippen molar-refractivity contribution in [3.8, 4) is 22.1 Å². The van der Waals surface area contributed by atoms with Crippen LogP contribution in [0.25, 0.3) is 10.6 Å². The zero-order valence-electron chi connectivity index (χ0n) is 14.9. The zero-order chi connectivity index (χ0) is 18.4. The molecule has 6 nitrogen and oxygen atoms in total. The third-order valence-electron chi connectivity index (χ3n) is 3.87. The number of amides is 1. The van der Waals surface area contributed by atoms with Crippen LogP contribution in [-0.4, -0.2) is 42.9 Å². The van der Waals surface area contributed by atoms with E-state index in [9.17, 15) is 9.90 Å². The maximum absolute atomic E-state index is 12.1. The normalized spacial score (nSPS) is 12.1. The number of carbonyl (C=O) groups excluding carboxylic acids is 1. The Bertz CT molecular complexity index is 715. The number of hydrogen-bond acceptors (Lipinski definition) is 6.